The molecule has 136 valence electrons. The molecule has 2 aromatic heterocycles. The van der Waals surface area contributed by atoms with Crippen molar-refractivity contribution in [1.82, 2.24) is 9.38 Å². The van der Waals surface area contributed by atoms with Gasteiger partial charge >= 0.3 is 5.82 Å². The molecule has 4 rings (SSSR count). The topological polar surface area (TPSA) is 81.7 Å². The molecule has 1 N–H and O–H groups in total. The lowest BCUT2D eigenvalue weighted by Crippen LogP contribution is -2.40. The molecule has 0 spiro atoms. The summed E-state index contributed by atoms with van der Waals surface area (Å²) in [5.41, 5.74) is 0.718. The Kier molecular flexibility index (Phi) is 4.33. The standard InChI is InChI=1S/C17H17FN4O3S/c18-13-3-1-12(2-4-13)17(5-8-25-9-6-17)11-19-14-15(22(23)24)21-7-10-26-16(21)20-14/h1-4,7,10,19H,5-6,8-9,11H2. The predicted molar refractivity (Wildman–Crippen MR) is 96.3 cm³/mol. The van der Waals surface area contributed by atoms with Crippen molar-refractivity contribution in [3.05, 3.63) is 57.3 Å². The number of aromatic nitrogens is 2. The number of hydrogen-bond acceptors (Lipinski definition) is 6. The normalized spacial score (nSPS) is 16.7. The highest BCUT2D eigenvalue weighted by atomic mass is 32.1. The Bertz CT molecular complexity index is 931. The van der Waals surface area contributed by atoms with Crippen molar-refractivity contribution >= 4 is 27.9 Å². The summed E-state index contributed by atoms with van der Waals surface area (Å²) in [4.78, 5) is 16.0. The molecule has 0 radical (unpaired) electrons. The van der Waals surface area contributed by atoms with E-state index in [1.165, 1.54) is 27.9 Å². The van der Waals surface area contributed by atoms with Crippen LogP contribution in [0.25, 0.3) is 4.96 Å². The molecule has 0 unspecified atom stereocenters. The molecule has 1 saturated heterocycles. The van der Waals surface area contributed by atoms with Gasteiger partial charge < -0.3 is 20.2 Å². The summed E-state index contributed by atoms with van der Waals surface area (Å²) in [7, 11) is 0. The SMILES string of the molecule is O=[N+]([O-])c1c(NCC2(c3ccc(F)cc3)CCOCC2)nc2sccn12. The molecule has 3 aromatic rings. The molecule has 26 heavy (non-hydrogen) atoms. The number of fused-ring (bicyclic) bond motifs is 1. The van der Waals surface area contributed by atoms with Gasteiger partial charge in [-0.1, -0.05) is 23.5 Å². The van der Waals surface area contributed by atoms with Gasteiger partial charge in [-0.15, -0.1) is 0 Å². The third kappa shape index (κ3) is 2.93. The van der Waals surface area contributed by atoms with E-state index in [2.05, 4.69) is 10.3 Å². The summed E-state index contributed by atoms with van der Waals surface area (Å²) in [5.74, 6) is -0.0914. The van der Waals surface area contributed by atoms with Crippen molar-refractivity contribution in [1.29, 1.82) is 0 Å². The summed E-state index contributed by atoms with van der Waals surface area (Å²) < 4.78 is 20.3. The number of rotatable bonds is 5. The first kappa shape index (κ1) is 16.9. The maximum atomic E-state index is 13.3. The smallest absolute Gasteiger partial charge is 0.372 e. The molecule has 0 bridgehead atoms. The van der Waals surface area contributed by atoms with Crippen molar-refractivity contribution in [2.75, 3.05) is 25.1 Å². The predicted octanol–water partition coefficient (Wildman–Crippen LogP) is 3.60. The van der Waals surface area contributed by atoms with Crippen LogP contribution >= 0.6 is 11.3 Å². The minimum Gasteiger partial charge on any atom is -0.381 e. The van der Waals surface area contributed by atoms with Gasteiger partial charge in [0.1, 0.15) is 12.0 Å². The van der Waals surface area contributed by atoms with Crippen LogP contribution in [0, 0.1) is 15.9 Å². The van der Waals surface area contributed by atoms with Crippen LogP contribution in [-0.4, -0.2) is 34.1 Å². The number of halogens is 1. The lowest BCUT2D eigenvalue weighted by molar-refractivity contribution is -0.389. The van der Waals surface area contributed by atoms with Gasteiger partial charge in [0.25, 0.3) is 4.96 Å². The van der Waals surface area contributed by atoms with Crippen molar-refractivity contribution in [2.24, 2.45) is 0 Å². The lowest BCUT2D eigenvalue weighted by atomic mass is 9.74. The van der Waals surface area contributed by atoms with E-state index in [4.69, 9.17) is 4.74 Å². The maximum absolute atomic E-state index is 13.3. The third-order valence-corrected chi connectivity index (χ3v) is 5.67. The van der Waals surface area contributed by atoms with Gasteiger partial charge in [0.15, 0.2) is 0 Å². The molecule has 0 atom stereocenters. The Morgan fingerprint density at radius 3 is 2.77 bits per heavy atom. The molecule has 1 aliphatic rings. The van der Waals surface area contributed by atoms with Crippen LogP contribution in [0.2, 0.25) is 0 Å². The molecular weight excluding hydrogens is 359 g/mol. The first-order valence-electron chi connectivity index (χ1n) is 8.27. The van der Waals surface area contributed by atoms with Gasteiger partial charge in [-0.3, -0.25) is 0 Å². The van der Waals surface area contributed by atoms with Crippen LogP contribution in [0.4, 0.5) is 16.0 Å². The molecule has 9 heteroatoms. The zero-order valence-electron chi connectivity index (χ0n) is 13.9. The number of anilines is 1. The van der Waals surface area contributed by atoms with Gasteiger partial charge in [0.2, 0.25) is 5.82 Å². The van der Waals surface area contributed by atoms with Crippen molar-refractivity contribution in [2.45, 2.75) is 18.3 Å². The number of ether oxygens (including phenoxy) is 1. The number of nitrogens with one attached hydrogen (secondary N) is 1. The molecule has 1 fully saturated rings. The van der Waals surface area contributed by atoms with Gasteiger partial charge in [-0.05, 0) is 35.5 Å². The fraction of sp³-hybridized carbons (Fsp3) is 0.353. The van der Waals surface area contributed by atoms with Crippen LogP contribution in [0.3, 0.4) is 0 Å². The summed E-state index contributed by atoms with van der Waals surface area (Å²) in [5, 5.41) is 16.4. The summed E-state index contributed by atoms with van der Waals surface area (Å²) in [6.07, 6.45) is 3.14. The number of nitrogens with zero attached hydrogens (tertiary/aromatic N) is 3. The molecule has 1 aromatic carbocycles. The zero-order chi connectivity index (χ0) is 18.1. The molecule has 3 heterocycles. The first-order valence-corrected chi connectivity index (χ1v) is 9.15. The highest BCUT2D eigenvalue weighted by Gasteiger charge is 2.35. The van der Waals surface area contributed by atoms with E-state index in [-0.39, 0.29) is 22.9 Å². The summed E-state index contributed by atoms with van der Waals surface area (Å²) >= 11 is 1.34. The van der Waals surface area contributed by atoms with Crippen molar-refractivity contribution < 1.29 is 14.1 Å². The van der Waals surface area contributed by atoms with E-state index in [1.807, 2.05) is 0 Å². The van der Waals surface area contributed by atoms with E-state index < -0.39 is 4.92 Å². The average molecular weight is 376 g/mol. The van der Waals surface area contributed by atoms with E-state index in [1.54, 1.807) is 23.7 Å². The number of thiazole rings is 1. The molecule has 7 nitrogen and oxygen atoms in total. The number of nitro groups is 1. The van der Waals surface area contributed by atoms with Crippen molar-refractivity contribution in [3.8, 4) is 0 Å². The molecule has 0 saturated carbocycles. The molecule has 0 aliphatic carbocycles. The fourth-order valence-corrected chi connectivity index (χ4v) is 4.16. The fourth-order valence-electron chi connectivity index (χ4n) is 3.45. The minimum absolute atomic E-state index is 0.0671. The number of imidazole rings is 1. The first-order chi connectivity index (χ1) is 12.6. The number of benzene rings is 1. The Morgan fingerprint density at radius 2 is 2.08 bits per heavy atom. The largest absolute Gasteiger partial charge is 0.381 e. The summed E-state index contributed by atoms with van der Waals surface area (Å²) in [6.45, 7) is 1.66. The van der Waals surface area contributed by atoms with Crippen LogP contribution in [0.15, 0.2) is 35.8 Å². The van der Waals surface area contributed by atoms with Crippen molar-refractivity contribution in [3.63, 3.8) is 0 Å². The van der Waals surface area contributed by atoms with E-state index >= 15 is 0 Å². The quantitative estimate of drug-likeness (QED) is 0.543. The average Bonchev–Trinajstić information content (AvgIpc) is 3.21. The molecule has 1 aliphatic heterocycles. The molecular formula is C17H17FN4O3S. The monoisotopic (exact) mass is 376 g/mol. The summed E-state index contributed by atoms with van der Waals surface area (Å²) in [6, 6.07) is 6.45. The highest BCUT2D eigenvalue weighted by molar-refractivity contribution is 7.15. The second kappa shape index (κ2) is 6.65. The zero-order valence-corrected chi connectivity index (χ0v) is 14.7. The van der Waals surface area contributed by atoms with E-state index in [0.29, 0.717) is 24.7 Å². The van der Waals surface area contributed by atoms with Gasteiger partial charge in [0, 0.05) is 30.6 Å². The molecule has 0 amide bonds. The Hall–Kier alpha value is -2.52. The third-order valence-electron chi connectivity index (χ3n) is 4.91. The van der Waals surface area contributed by atoms with E-state index in [9.17, 15) is 14.5 Å². The van der Waals surface area contributed by atoms with Crippen LogP contribution in [0.5, 0.6) is 0 Å². The van der Waals surface area contributed by atoms with Gasteiger partial charge in [-0.25, -0.2) is 4.39 Å². The Morgan fingerprint density at radius 1 is 1.35 bits per heavy atom. The van der Waals surface area contributed by atoms with Crippen LogP contribution in [-0.2, 0) is 10.2 Å². The Balaban J connectivity index is 1.65. The highest BCUT2D eigenvalue weighted by Crippen LogP contribution is 2.36. The second-order valence-electron chi connectivity index (χ2n) is 6.35. The van der Waals surface area contributed by atoms with Crippen LogP contribution < -0.4 is 5.32 Å². The lowest BCUT2D eigenvalue weighted by Gasteiger charge is -2.38. The Labute approximate surface area is 152 Å². The van der Waals surface area contributed by atoms with Gasteiger partial charge in [-0.2, -0.15) is 9.38 Å². The maximum Gasteiger partial charge on any atom is 0.372 e. The second-order valence-corrected chi connectivity index (χ2v) is 7.22. The van der Waals surface area contributed by atoms with Gasteiger partial charge in [0.05, 0.1) is 0 Å². The van der Waals surface area contributed by atoms with Crippen LogP contribution in [0.1, 0.15) is 18.4 Å². The van der Waals surface area contributed by atoms with E-state index in [0.717, 1.165) is 18.4 Å². The number of hydrogen-bond donors (Lipinski definition) is 1. The minimum atomic E-state index is -0.427.